The first kappa shape index (κ1) is 14.7. The molecule has 21 heavy (non-hydrogen) atoms. The lowest BCUT2D eigenvalue weighted by molar-refractivity contribution is -0.143. The summed E-state index contributed by atoms with van der Waals surface area (Å²) in [6.07, 6.45) is 1.48. The summed E-state index contributed by atoms with van der Waals surface area (Å²) in [6, 6.07) is 11.5. The second-order valence-corrected chi connectivity index (χ2v) is 4.53. The van der Waals surface area contributed by atoms with Crippen molar-refractivity contribution in [3.63, 3.8) is 0 Å². The predicted octanol–water partition coefficient (Wildman–Crippen LogP) is 2.03. The average Bonchev–Trinajstić information content (AvgIpc) is 2.53. The highest BCUT2D eigenvalue weighted by Gasteiger charge is 2.23. The Morgan fingerprint density at radius 1 is 1.14 bits per heavy atom. The van der Waals surface area contributed by atoms with Crippen molar-refractivity contribution >= 4 is 11.9 Å². The molecule has 0 radical (unpaired) electrons. The van der Waals surface area contributed by atoms with Crippen LogP contribution in [0.25, 0.3) is 0 Å². The molecule has 1 heterocycles. The van der Waals surface area contributed by atoms with Crippen LogP contribution in [0.15, 0.2) is 48.7 Å². The Morgan fingerprint density at radius 2 is 1.86 bits per heavy atom. The first-order valence-corrected chi connectivity index (χ1v) is 6.48. The van der Waals surface area contributed by atoms with Gasteiger partial charge in [-0.2, -0.15) is 0 Å². The Hall–Kier alpha value is -2.69. The van der Waals surface area contributed by atoms with Gasteiger partial charge in [0.15, 0.2) is 6.04 Å². The van der Waals surface area contributed by atoms with Crippen molar-refractivity contribution < 1.29 is 14.3 Å². The molecule has 0 aliphatic carbocycles. The minimum absolute atomic E-state index is 0.373. The number of nitrogens with one attached hydrogen (secondary N) is 1. The van der Waals surface area contributed by atoms with E-state index in [1.54, 1.807) is 36.4 Å². The number of aromatic nitrogens is 1. The van der Waals surface area contributed by atoms with Crippen LogP contribution in [-0.4, -0.2) is 24.0 Å². The molecule has 1 N–H and O–H groups in total. The van der Waals surface area contributed by atoms with Crippen molar-refractivity contribution in [2.24, 2.45) is 0 Å². The summed E-state index contributed by atoms with van der Waals surface area (Å²) in [4.78, 5) is 28.2. The maximum Gasteiger partial charge on any atom is 0.333 e. The number of carbonyl (C=O) groups excluding carboxylic acids is 2. The van der Waals surface area contributed by atoms with Gasteiger partial charge in [0.1, 0.15) is 0 Å². The van der Waals surface area contributed by atoms with Crippen LogP contribution in [0.3, 0.4) is 0 Å². The highest BCUT2D eigenvalue weighted by molar-refractivity contribution is 5.96. The van der Waals surface area contributed by atoms with Crippen molar-refractivity contribution in [2.75, 3.05) is 7.11 Å². The summed E-state index contributed by atoms with van der Waals surface area (Å²) in [6.45, 7) is 1.84. The first-order chi connectivity index (χ1) is 10.1. The number of hydrogen-bond acceptors (Lipinski definition) is 4. The number of esters is 1. The normalized spacial score (nSPS) is 11.5. The van der Waals surface area contributed by atoms with Crippen molar-refractivity contribution in [3.8, 4) is 0 Å². The van der Waals surface area contributed by atoms with Crippen molar-refractivity contribution in [1.29, 1.82) is 0 Å². The molecule has 0 saturated carbocycles. The molecule has 1 atom stereocenters. The van der Waals surface area contributed by atoms with Gasteiger partial charge in [-0.25, -0.2) is 4.79 Å². The van der Waals surface area contributed by atoms with Crippen molar-refractivity contribution in [2.45, 2.75) is 13.0 Å². The van der Waals surface area contributed by atoms with E-state index in [0.717, 1.165) is 5.69 Å². The van der Waals surface area contributed by atoms with Crippen LogP contribution in [0.2, 0.25) is 0 Å². The average molecular weight is 284 g/mol. The Bertz CT molecular complexity index is 624. The molecule has 5 nitrogen and oxygen atoms in total. The van der Waals surface area contributed by atoms with Gasteiger partial charge in [-0.05, 0) is 24.6 Å². The van der Waals surface area contributed by atoms with Gasteiger partial charge in [-0.1, -0.05) is 30.3 Å². The zero-order valence-electron chi connectivity index (χ0n) is 11.9. The summed E-state index contributed by atoms with van der Waals surface area (Å²) >= 11 is 0. The van der Waals surface area contributed by atoms with Gasteiger partial charge in [0, 0.05) is 11.9 Å². The second-order valence-electron chi connectivity index (χ2n) is 4.53. The van der Waals surface area contributed by atoms with E-state index in [1.165, 1.54) is 13.3 Å². The number of rotatable bonds is 4. The monoisotopic (exact) mass is 284 g/mol. The molecule has 1 aromatic heterocycles. The molecule has 0 aliphatic heterocycles. The van der Waals surface area contributed by atoms with E-state index in [1.807, 2.05) is 13.0 Å². The smallest absolute Gasteiger partial charge is 0.333 e. The predicted molar refractivity (Wildman–Crippen MR) is 77.6 cm³/mol. The third-order valence-corrected chi connectivity index (χ3v) is 3.02. The standard InChI is InChI=1S/C16H16N2O3/c1-11-8-9-13(10-17-11)15(19)18-14(16(20)21-2)12-6-4-3-5-7-12/h3-10,14H,1-2H3,(H,18,19). The van der Waals surface area contributed by atoms with Crippen LogP contribution >= 0.6 is 0 Å². The molecule has 1 unspecified atom stereocenters. The molecular formula is C16H16N2O3. The fraction of sp³-hybridized carbons (Fsp3) is 0.188. The molecule has 5 heteroatoms. The number of aryl methyl sites for hydroxylation is 1. The summed E-state index contributed by atoms with van der Waals surface area (Å²) in [5, 5.41) is 2.67. The van der Waals surface area contributed by atoms with E-state index in [-0.39, 0.29) is 5.91 Å². The second kappa shape index (κ2) is 6.65. The number of benzene rings is 1. The van der Waals surface area contributed by atoms with Crippen LogP contribution in [0.1, 0.15) is 27.7 Å². The van der Waals surface area contributed by atoms with E-state index < -0.39 is 12.0 Å². The molecule has 0 saturated heterocycles. The summed E-state index contributed by atoms with van der Waals surface area (Å²) in [5.41, 5.74) is 1.88. The highest BCUT2D eigenvalue weighted by atomic mass is 16.5. The largest absolute Gasteiger partial charge is 0.467 e. The lowest BCUT2D eigenvalue weighted by atomic mass is 10.1. The highest BCUT2D eigenvalue weighted by Crippen LogP contribution is 2.15. The van der Waals surface area contributed by atoms with Crippen LogP contribution in [-0.2, 0) is 9.53 Å². The number of nitrogens with zero attached hydrogens (tertiary/aromatic N) is 1. The van der Waals surface area contributed by atoms with Gasteiger partial charge >= 0.3 is 5.97 Å². The summed E-state index contributed by atoms with van der Waals surface area (Å²) in [7, 11) is 1.29. The Kier molecular flexibility index (Phi) is 4.66. The fourth-order valence-electron chi connectivity index (χ4n) is 1.86. The van der Waals surface area contributed by atoms with E-state index in [2.05, 4.69) is 10.3 Å². The molecule has 0 bridgehead atoms. The van der Waals surface area contributed by atoms with Crippen molar-refractivity contribution in [3.05, 3.63) is 65.5 Å². The molecule has 0 fully saturated rings. The number of hydrogen-bond donors (Lipinski definition) is 1. The number of pyridine rings is 1. The van der Waals surface area contributed by atoms with Gasteiger partial charge < -0.3 is 10.1 Å². The molecular weight excluding hydrogens is 268 g/mol. The fourth-order valence-corrected chi connectivity index (χ4v) is 1.86. The summed E-state index contributed by atoms with van der Waals surface area (Å²) < 4.78 is 4.75. The minimum Gasteiger partial charge on any atom is -0.467 e. The third kappa shape index (κ3) is 3.66. The Balaban J connectivity index is 2.21. The van der Waals surface area contributed by atoms with Crippen molar-refractivity contribution in [1.82, 2.24) is 10.3 Å². The number of amides is 1. The van der Waals surface area contributed by atoms with Gasteiger partial charge in [-0.15, -0.1) is 0 Å². The minimum atomic E-state index is -0.843. The number of methoxy groups -OCH3 is 1. The van der Waals surface area contributed by atoms with Crippen LogP contribution < -0.4 is 5.32 Å². The molecule has 108 valence electrons. The van der Waals surface area contributed by atoms with Crippen LogP contribution in [0.4, 0.5) is 0 Å². The van der Waals surface area contributed by atoms with E-state index in [9.17, 15) is 9.59 Å². The van der Waals surface area contributed by atoms with Gasteiger partial charge in [0.05, 0.1) is 12.7 Å². The maximum atomic E-state index is 12.2. The number of ether oxygens (including phenoxy) is 1. The lowest BCUT2D eigenvalue weighted by Crippen LogP contribution is -2.34. The zero-order chi connectivity index (χ0) is 15.2. The maximum absolute atomic E-state index is 12.2. The zero-order valence-corrected chi connectivity index (χ0v) is 11.9. The Labute approximate surface area is 123 Å². The molecule has 0 spiro atoms. The van der Waals surface area contributed by atoms with E-state index in [0.29, 0.717) is 11.1 Å². The quantitative estimate of drug-likeness (QED) is 0.872. The summed E-state index contributed by atoms with van der Waals surface area (Å²) in [5.74, 6) is -0.892. The van der Waals surface area contributed by atoms with E-state index >= 15 is 0 Å². The SMILES string of the molecule is COC(=O)C(NC(=O)c1ccc(C)nc1)c1ccccc1. The molecule has 2 aromatic rings. The van der Waals surface area contributed by atoms with Gasteiger partial charge in [0.2, 0.25) is 0 Å². The number of carbonyl (C=O) groups is 2. The Morgan fingerprint density at radius 3 is 2.43 bits per heavy atom. The molecule has 1 amide bonds. The lowest BCUT2D eigenvalue weighted by Gasteiger charge is -2.16. The topological polar surface area (TPSA) is 68.3 Å². The molecule has 0 aliphatic rings. The van der Waals surface area contributed by atoms with Gasteiger partial charge in [-0.3, -0.25) is 9.78 Å². The molecule has 2 rings (SSSR count). The van der Waals surface area contributed by atoms with Gasteiger partial charge in [0.25, 0.3) is 5.91 Å². The van der Waals surface area contributed by atoms with E-state index in [4.69, 9.17) is 4.74 Å². The van der Waals surface area contributed by atoms with Crippen LogP contribution in [0.5, 0.6) is 0 Å². The van der Waals surface area contributed by atoms with Crippen LogP contribution in [0, 0.1) is 6.92 Å². The first-order valence-electron chi connectivity index (χ1n) is 6.48. The molecule has 1 aromatic carbocycles. The third-order valence-electron chi connectivity index (χ3n) is 3.02.